The van der Waals surface area contributed by atoms with Crippen molar-refractivity contribution in [2.24, 2.45) is 0 Å². The highest BCUT2D eigenvalue weighted by molar-refractivity contribution is 5.90. The Labute approximate surface area is 81.7 Å². The van der Waals surface area contributed by atoms with Gasteiger partial charge in [0.1, 0.15) is 0 Å². The second kappa shape index (κ2) is 4.17. The lowest BCUT2D eigenvalue weighted by Crippen LogP contribution is -2.32. The Morgan fingerprint density at radius 3 is 2.50 bits per heavy atom. The third kappa shape index (κ3) is 1.89. The first-order valence-corrected chi connectivity index (χ1v) is 4.90. The van der Waals surface area contributed by atoms with Crippen molar-refractivity contribution < 1.29 is 4.79 Å². The zero-order valence-electron chi connectivity index (χ0n) is 7.94. The summed E-state index contributed by atoms with van der Waals surface area (Å²) in [5.41, 5.74) is 0. The Bertz CT molecular complexity index is 289. The lowest BCUT2D eigenvalue weighted by atomic mass is 10.2. The number of likely N-dealkylation sites (tertiary alicyclic amines) is 1. The van der Waals surface area contributed by atoms with E-state index in [0.29, 0.717) is 0 Å². The van der Waals surface area contributed by atoms with Gasteiger partial charge in [-0.3, -0.25) is 4.79 Å². The average Bonchev–Trinajstić information content (AvgIpc) is 2.59. The molecule has 0 aliphatic carbocycles. The smallest absolute Gasteiger partial charge is 0.295 e. The van der Waals surface area contributed by atoms with E-state index >= 15 is 0 Å². The van der Waals surface area contributed by atoms with E-state index in [-0.39, 0.29) is 11.7 Å². The highest BCUT2D eigenvalue weighted by Gasteiger charge is 2.20. The Hall–Kier alpha value is -1.46. The minimum atomic E-state index is -0.111. The van der Waals surface area contributed by atoms with Gasteiger partial charge in [-0.1, -0.05) is 12.8 Å². The highest BCUT2D eigenvalue weighted by atomic mass is 16.2. The summed E-state index contributed by atoms with van der Waals surface area (Å²) in [5, 5.41) is 13.0. The zero-order valence-corrected chi connectivity index (χ0v) is 7.94. The number of hydrogen-bond donors (Lipinski definition) is 1. The van der Waals surface area contributed by atoms with Gasteiger partial charge in [-0.05, 0) is 18.1 Å². The number of amides is 1. The summed E-state index contributed by atoms with van der Waals surface area (Å²) in [6, 6.07) is 0. The lowest BCUT2D eigenvalue weighted by molar-refractivity contribution is 0.0749. The fourth-order valence-corrected chi connectivity index (χ4v) is 1.67. The van der Waals surface area contributed by atoms with Crippen LogP contribution in [0, 0.1) is 0 Å². The van der Waals surface area contributed by atoms with Crippen molar-refractivity contribution in [2.75, 3.05) is 13.1 Å². The normalized spacial score (nSPS) is 17.9. The van der Waals surface area contributed by atoms with Crippen molar-refractivity contribution in [1.29, 1.82) is 0 Å². The Morgan fingerprint density at radius 2 is 1.93 bits per heavy atom. The van der Waals surface area contributed by atoms with Crippen LogP contribution in [0.2, 0.25) is 0 Å². The molecule has 0 bridgehead atoms. The number of nitrogens with one attached hydrogen (secondary N) is 1. The van der Waals surface area contributed by atoms with Crippen molar-refractivity contribution in [2.45, 2.75) is 25.7 Å². The second-order valence-electron chi connectivity index (χ2n) is 3.44. The molecule has 14 heavy (non-hydrogen) atoms. The van der Waals surface area contributed by atoms with Crippen LogP contribution in [0.4, 0.5) is 0 Å². The number of H-pyrrole nitrogens is 1. The highest BCUT2D eigenvalue weighted by Crippen LogP contribution is 2.10. The minimum absolute atomic E-state index is 0.111. The molecule has 1 aromatic rings. The molecule has 0 saturated carbocycles. The summed E-state index contributed by atoms with van der Waals surface area (Å²) in [7, 11) is 0. The summed E-state index contributed by atoms with van der Waals surface area (Å²) >= 11 is 0. The molecule has 0 spiro atoms. The van der Waals surface area contributed by atoms with Crippen LogP contribution >= 0.6 is 0 Å². The van der Waals surface area contributed by atoms with E-state index < -0.39 is 0 Å². The molecule has 1 aliphatic rings. The maximum Gasteiger partial charge on any atom is 0.295 e. The van der Waals surface area contributed by atoms with Gasteiger partial charge >= 0.3 is 0 Å². The fourth-order valence-electron chi connectivity index (χ4n) is 1.67. The summed E-state index contributed by atoms with van der Waals surface area (Å²) in [4.78, 5) is 13.6. The molecule has 1 aliphatic heterocycles. The number of carbonyl (C=O) groups excluding carboxylic acids is 1. The second-order valence-corrected chi connectivity index (χ2v) is 3.44. The number of aromatic nitrogens is 4. The zero-order chi connectivity index (χ0) is 9.80. The number of aromatic amines is 1. The van der Waals surface area contributed by atoms with Gasteiger partial charge in [0.2, 0.25) is 0 Å². The molecule has 0 atom stereocenters. The number of tetrazole rings is 1. The molecule has 1 saturated heterocycles. The average molecular weight is 195 g/mol. The number of nitrogens with zero attached hydrogens (tertiary/aromatic N) is 4. The van der Waals surface area contributed by atoms with Gasteiger partial charge in [-0.15, -0.1) is 10.2 Å². The SMILES string of the molecule is O=C(c1nn[nH]n1)N1CCCCCC1. The lowest BCUT2D eigenvalue weighted by Gasteiger charge is -2.17. The summed E-state index contributed by atoms with van der Waals surface area (Å²) < 4.78 is 0. The molecule has 76 valence electrons. The van der Waals surface area contributed by atoms with E-state index in [9.17, 15) is 4.79 Å². The molecule has 6 heteroatoms. The molecule has 1 aromatic heterocycles. The first kappa shape index (κ1) is 9.11. The molecular formula is C8H13N5O. The van der Waals surface area contributed by atoms with Gasteiger partial charge in [0.05, 0.1) is 0 Å². The fraction of sp³-hybridized carbons (Fsp3) is 0.750. The Morgan fingerprint density at radius 1 is 1.21 bits per heavy atom. The largest absolute Gasteiger partial charge is 0.336 e. The standard InChI is InChI=1S/C8H13N5O/c14-8(7-9-11-12-10-7)13-5-3-1-2-4-6-13/h1-6H2,(H,9,10,11,12). The first-order valence-electron chi connectivity index (χ1n) is 4.90. The van der Waals surface area contributed by atoms with E-state index in [1.807, 2.05) is 0 Å². The van der Waals surface area contributed by atoms with Crippen LogP contribution in [0.3, 0.4) is 0 Å². The molecule has 1 fully saturated rings. The molecule has 0 aromatic carbocycles. The van der Waals surface area contributed by atoms with Gasteiger partial charge in [-0.2, -0.15) is 5.21 Å². The summed E-state index contributed by atoms with van der Waals surface area (Å²) in [6.07, 6.45) is 4.55. The van der Waals surface area contributed by atoms with Crippen LogP contribution in [0.15, 0.2) is 0 Å². The quantitative estimate of drug-likeness (QED) is 0.695. The molecule has 1 N–H and O–H groups in total. The molecule has 6 nitrogen and oxygen atoms in total. The summed E-state index contributed by atoms with van der Waals surface area (Å²) in [6.45, 7) is 1.63. The van der Waals surface area contributed by atoms with Gasteiger partial charge in [0, 0.05) is 13.1 Å². The minimum Gasteiger partial charge on any atom is -0.336 e. The third-order valence-corrected chi connectivity index (χ3v) is 2.43. The van der Waals surface area contributed by atoms with Crippen molar-refractivity contribution in [3.63, 3.8) is 0 Å². The van der Waals surface area contributed by atoms with Crippen molar-refractivity contribution in [3.8, 4) is 0 Å². The van der Waals surface area contributed by atoms with Crippen LogP contribution in [0.25, 0.3) is 0 Å². The van der Waals surface area contributed by atoms with Crippen molar-refractivity contribution >= 4 is 5.91 Å². The van der Waals surface area contributed by atoms with Gasteiger partial charge < -0.3 is 4.90 Å². The third-order valence-electron chi connectivity index (χ3n) is 2.43. The first-order chi connectivity index (χ1) is 6.88. The van der Waals surface area contributed by atoms with Crippen LogP contribution in [-0.2, 0) is 0 Å². The van der Waals surface area contributed by atoms with Crippen molar-refractivity contribution in [3.05, 3.63) is 5.82 Å². The molecule has 2 rings (SSSR count). The number of hydrogen-bond acceptors (Lipinski definition) is 4. The molecular weight excluding hydrogens is 182 g/mol. The van der Waals surface area contributed by atoms with E-state index in [4.69, 9.17) is 0 Å². The van der Waals surface area contributed by atoms with Gasteiger partial charge in [0.15, 0.2) is 0 Å². The summed E-state index contributed by atoms with van der Waals surface area (Å²) in [5.74, 6) is 0.0625. The molecule has 1 amide bonds. The topological polar surface area (TPSA) is 74.8 Å². The van der Waals surface area contributed by atoms with E-state index in [2.05, 4.69) is 20.6 Å². The molecule has 0 unspecified atom stereocenters. The molecule has 2 heterocycles. The van der Waals surface area contributed by atoms with Crippen LogP contribution in [0.5, 0.6) is 0 Å². The Kier molecular flexibility index (Phi) is 2.71. The van der Waals surface area contributed by atoms with Crippen molar-refractivity contribution in [1.82, 2.24) is 25.5 Å². The predicted octanol–water partition coefficient (Wildman–Crippen LogP) is 0.216. The van der Waals surface area contributed by atoms with E-state index in [1.54, 1.807) is 4.90 Å². The van der Waals surface area contributed by atoms with E-state index in [1.165, 1.54) is 12.8 Å². The van der Waals surface area contributed by atoms with E-state index in [0.717, 1.165) is 25.9 Å². The Balaban J connectivity index is 2.03. The van der Waals surface area contributed by atoms with Crippen LogP contribution < -0.4 is 0 Å². The van der Waals surface area contributed by atoms with Crippen LogP contribution in [0.1, 0.15) is 36.3 Å². The number of carbonyl (C=O) groups is 1. The number of rotatable bonds is 1. The maximum absolute atomic E-state index is 11.8. The maximum atomic E-state index is 11.8. The predicted molar refractivity (Wildman–Crippen MR) is 48.5 cm³/mol. The van der Waals surface area contributed by atoms with Crippen LogP contribution in [-0.4, -0.2) is 44.5 Å². The van der Waals surface area contributed by atoms with Gasteiger partial charge in [-0.25, -0.2) is 0 Å². The monoisotopic (exact) mass is 195 g/mol. The molecule has 0 radical (unpaired) electrons. The van der Waals surface area contributed by atoms with Gasteiger partial charge in [0.25, 0.3) is 11.7 Å².